The summed E-state index contributed by atoms with van der Waals surface area (Å²) in [6, 6.07) is -0.981. The molecule has 0 fully saturated rings. The van der Waals surface area contributed by atoms with E-state index in [1.807, 2.05) is 0 Å². The predicted molar refractivity (Wildman–Crippen MR) is 56.4 cm³/mol. The van der Waals surface area contributed by atoms with Gasteiger partial charge in [0.05, 0.1) is 5.69 Å². The standard InChI is InChI=1S/C10H17N3O2/c1-6(2)4-13-5-8(7(3)12-13)9(11)10(14)15/h5-6,9H,4,11H2,1-3H3,(H,14,15). The summed E-state index contributed by atoms with van der Waals surface area (Å²) >= 11 is 0. The maximum Gasteiger partial charge on any atom is 0.325 e. The average molecular weight is 211 g/mol. The van der Waals surface area contributed by atoms with Crippen molar-refractivity contribution < 1.29 is 9.90 Å². The molecule has 1 unspecified atom stereocenters. The number of aryl methyl sites for hydroxylation is 1. The number of carboxylic acid groups (broad SMARTS) is 1. The van der Waals surface area contributed by atoms with Crippen LogP contribution in [0.2, 0.25) is 0 Å². The van der Waals surface area contributed by atoms with Crippen LogP contribution in [0.3, 0.4) is 0 Å². The Kier molecular flexibility index (Phi) is 3.47. The zero-order valence-electron chi connectivity index (χ0n) is 9.27. The molecule has 0 aromatic carbocycles. The van der Waals surface area contributed by atoms with Gasteiger partial charge in [-0.1, -0.05) is 13.8 Å². The number of hydrogen-bond acceptors (Lipinski definition) is 3. The predicted octanol–water partition coefficient (Wildman–Crippen LogP) is 0.932. The molecule has 3 N–H and O–H groups in total. The minimum absolute atomic E-state index is 0.471. The summed E-state index contributed by atoms with van der Waals surface area (Å²) in [6.45, 7) is 6.70. The van der Waals surface area contributed by atoms with Gasteiger partial charge in [-0.3, -0.25) is 9.48 Å². The van der Waals surface area contributed by atoms with Crippen molar-refractivity contribution in [1.82, 2.24) is 9.78 Å². The number of aliphatic carboxylic acids is 1. The quantitative estimate of drug-likeness (QED) is 0.776. The fourth-order valence-electron chi connectivity index (χ4n) is 1.44. The molecule has 0 saturated heterocycles. The van der Waals surface area contributed by atoms with E-state index in [-0.39, 0.29) is 0 Å². The molecule has 1 rings (SSSR count). The maximum absolute atomic E-state index is 10.7. The van der Waals surface area contributed by atoms with Crippen LogP contribution in [-0.4, -0.2) is 20.9 Å². The van der Waals surface area contributed by atoms with Crippen LogP contribution in [0.1, 0.15) is 31.1 Å². The fourth-order valence-corrected chi connectivity index (χ4v) is 1.44. The average Bonchev–Trinajstić information content (AvgIpc) is 2.44. The molecule has 1 heterocycles. The highest BCUT2D eigenvalue weighted by molar-refractivity contribution is 5.75. The SMILES string of the molecule is Cc1nn(CC(C)C)cc1C(N)C(=O)O. The van der Waals surface area contributed by atoms with Crippen LogP contribution in [-0.2, 0) is 11.3 Å². The van der Waals surface area contributed by atoms with Crippen molar-refractivity contribution in [2.24, 2.45) is 11.7 Å². The lowest BCUT2D eigenvalue weighted by atomic mass is 10.1. The second-order valence-corrected chi connectivity index (χ2v) is 4.10. The molecular formula is C10H17N3O2. The van der Waals surface area contributed by atoms with Crippen molar-refractivity contribution in [2.45, 2.75) is 33.4 Å². The highest BCUT2D eigenvalue weighted by atomic mass is 16.4. The first-order chi connectivity index (χ1) is 6.91. The molecule has 0 saturated carbocycles. The molecule has 0 radical (unpaired) electrons. The Labute approximate surface area is 88.9 Å². The summed E-state index contributed by atoms with van der Waals surface area (Å²) in [5.41, 5.74) is 6.80. The van der Waals surface area contributed by atoms with Crippen molar-refractivity contribution in [1.29, 1.82) is 0 Å². The van der Waals surface area contributed by atoms with Gasteiger partial charge in [0.2, 0.25) is 0 Å². The molecule has 5 heteroatoms. The number of carboxylic acids is 1. The van der Waals surface area contributed by atoms with Gasteiger partial charge in [0, 0.05) is 18.3 Å². The first kappa shape index (κ1) is 11.7. The van der Waals surface area contributed by atoms with Crippen molar-refractivity contribution in [3.63, 3.8) is 0 Å². The summed E-state index contributed by atoms with van der Waals surface area (Å²) in [5, 5.41) is 13.0. The number of aromatic nitrogens is 2. The van der Waals surface area contributed by atoms with E-state index in [0.717, 1.165) is 6.54 Å². The van der Waals surface area contributed by atoms with Gasteiger partial charge in [0.15, 0.2) is 0 Å². The number of carbonyl (C=O) groups is 1. The second kappa shape index (κ2) is 4.44. The Hall–Kier alpha value is -1.36. The zero-order valence-corrected chi connectivity index (χ0v) is 9.27. The third-order valence-electron chi connectivity index (χ3n) is 2.14. The number of hydrogen-bond donors (Lipinski definition) is 2. The Morgan fingerprint density at radius 1 is 1.67 bits per heavy atom. The summed E-state index contributed by atoms with van der Waals surface area (Å²) < 4.78 is 1.75. The van der Waals surface area contributed by atoms with Gasteiger partial charge >= 0.3 is 5.97 Å². The molecule has 1 atom stereocenters. The van der Waals surface area contributed by atoms with Gasteiger partial charge < -0.3 is 10.8 Å². The van der Waals surface area contributed by atoms with Gasteiger partial charge in [-0.15, -0.1) is 0 Å². The van der Waals surface area contributed by atoms with Crippen LogP contribution >= 0.6 is 0 Å². The van der Waals surface area contributed by atoms with Gasteiger partial charge in [-0.25, -0.2) is 0 Å². The Bertz CT molecular complexity index is 358. The van der Waals surface area contributed by atoms with E-state index in [2.05, 4.69) is 18.9 Å². The first-order valence-electron chi connectivity index (χ1n) is 4.94. The van der Waals surface area contributed by atoms with E-state index < -0.39 is 12.0 Å². The lowest BCUT2D eigenvalue weighted by Gasteiger charge is -2.04. The number of nitrogens with two attached hydrogens (primary N) is 1. The maximum atomic E-state index is 10.7. The van der Waals surface area contributed by atoms with Crippen molar-refractivity contribution >= 4 is 5.97 Å². The fraction of sp³-hybridized carbons (Fsp3) is 0.600. The minimum Gasteiger partial charge on any atom is -0.480 e. The summed E-state index contributed by atoms with van der Waals surface area (Å²) in [7, 11) is 0. The Balaban J connectivity index is 2.91. The van der Waals surface area contributed by atoms with Gasteiger partial charge in [-0.05, 0) is 12.8 Å². The summed E-state index contributed by atoms with van der Waals surface area (Å²) in [5.74, 6) is -0.555. The van der Waals surface area contributed by atoms with Crippen molar-refractivity contribution in [3.05, 3.63) is 17.5 Å². The van der Waals surface area contributed by atoms with E-state index >= 15 is 0 Å². The van der Waals surface area contributed by atoms with Gasteiger partial charge in [-0.2, -0.15) is 5.10 Å². The van der Waals surface area contributed by atoms with Gasteiger partial charge in [0.1, 0.15) is 6.04 Å². The number of nitrogens with zero attached hydrogens (tertiary/aromatic N) is 2. The molecule has 1 aromatic heterocycles. The molecule has 0 spiro atoms. The molecule has 5 nitrogen and oxygen atoms in total. The van der Waals surface area contributed by atoms with Crippen LogP contribution in [0, 0.1) is 12.8 Å². The lowest BCUT2D eigenvalue weighted by Crippen LogP contribution is -2.20. The monoisotopic (exact) mass is 211 g/mol. The summed E-state index contributed by atoms with van der Waals surface area (Å²) in [4.78, 5) is 10.7. The van der Waals surface area contributed by atoms with Gasteiger partial charge in [0.25, 0.3) is 0 Å². The van der Waals surface area contributed by atoms with E-state index in [1.54, 1.807) is 17.8 Å². The molecule has 0 aliphatic heterocycles. The van der Waals surface area contributed by atoms with E-state index in [9.17, 15) is 4.79 Å². The molecule has 0 aliphatic rings. The van der Waals surface area contributed by atoms with E-state index in [1.165, 1.54) is 0 Å². The second-order valence-electron chi connectivity index (χ2n) is 4.10. The highest BCUT2D eigenvalue weighted by Gasteiger charge is 2.19. The van der Waals surface area contributed by atoms with Crippen LogP contribution < -0.4 is 5.73 Å². The minimum atomic E-state index is -1.03. The topological polar surface area (TPSA) is 81.1 Å². The summed E-state index contributed by atoms with van der Waals surface area (Å²) in [6.07, 6.45) is 1.72. The van der Waals surface area contributed by atoms with Crippen LogP contribution in [0.25, 0.3) is 0 Å². The smallest absolute Gasteiger partial charge is 0.325 e. The largest absolute Gasteiger partial charge is 0.480 e. The molecule has 0 amide bonds. The van der Waals surface area contributed by atoms with Crippen molar-refractivity contribution in [2.75, 3.05) is 0 Å². The third kappa shape index (κ3) is 2.79. The highest BCUT2D eigenvalue weighted by Crippen LogP contribution is 2.15. The van der Waals surface area contributed by atoms with Crippen LogP contribution in [0.4, 0.5) is 0 Å². The normalized spacial score (nSPS) is 13.1. The molecule has 84 valence electrons. The molecular weight excluding hydrogens is 194 g/mol. The van der Waals surface area contributed by atoms with E-state index in [0.29, 0.717) is 17.2 Å². The Morgan fingerprint density at radius 2 is 2.27 bits per heavy atom. The van der Waals surface area contributed by atoms with E-state index in [4.69, 9.17) is 10.8 Å². The van der Waals surface area contributed by atoms with Crippen molar-refractivity contribution in [3.8, 4) is 0 Å². The molecule has 0 aliphatic carbocycles. The molecule has 0 bridgehead atoms. The molecule has 15 heavy (non-hydrogen) atoms. The third-order valence-corrected chi connectivity index (χ3v) is 2.14. The first-order valence-corrected chi connectivity index (χ1v) is 4.94. The van der Waals surface area contributed by atoms with Crippen LogP contribution in [0.5, 0.6) is 0 Å². The van der Waals surface area contributed by atoms with Crippen LogP contribution in [0.15, 0.2) is 6.20 Å². The molecule has 1 aromatic rings. The number of rotatable bonds is 4. The lowest BCUT2D eigenvalue weighted by molar-refractivity contribution is -0.138. The zero-order chi connectivity index (χ0) is 11.6. The Morgan fingerprint density at radius 3 is 2.73 bits per heavy atom.